The fourth-order valence-corrected chi connectivity index (χ4v) is 4.84. The number of carbonyl (C=O) groups excluding carboxylic acids is 2. The number of Topliss-reactive ketones (excluding diaryl/α,β-unsaturated/α-hetero) is 1. The molecule has 1 unspecified atom stereocenters. The molecule has 5 rings (SSSR count). The summed E-state index contributed by atoms with van der Waals surface area (Å²) in [7, 11) is 0. The van der Waals surface area contributed by atoms with Gasteiger partial charge in [0.15, 0.2) is 5.76 Å². The number of amides is 1. The summed E-state index contributed by atoms with van der Waals surface area (Å²) in [6.45, 7) is 3.49. The number of ketones is 1. The molecule has 160 valence electrons. The van der Waals surface area contributed by atoms with E-state index >= 15 is 0 Å². The first-order valence-corrected chi connectivity index (χ1v) is 10.9. The molecule has 1 aromatic carbocycles. The summed E-state index contributed by atoms with van der Waals surface area (Å²) in [5, 5.41) is 20.8. The van der Waals surface area contributed by atoms with Crippen molar-refractivity contribution in [3.05, 3.63) is 81.2 Å². The zero-order chi connectivity index (χ0) is 22.6. The summed E-state index contributed by atoms with van der Waals surface area (Å²) < 4.78 is 1.68. The Balaban J connectivity index is 1.80. The fourth-order valence-electron chi connectivity index (χ4n) is 3.93. The molecule has 3 aromatic heterocycles. The van der Waals surface area contributed by atoms with E-state index in [9.17, 15) is 14.7 Å². The molecule has 0 bridgehead atoms. The standard InChI is InChI=1S/C22H16ClN5O3S/c1-11-17(27-9-4-3-8-15(27)24-11)19(29)16-18(13-6-5-7-14(23)10-13)28(21(31)20(16)30)22-26-25-12(2)32-22/h3-10,18,29H,1-2H3. The smallest absolute Gasteiger partial charge is 0.301 e. The van der Waals surface area contributed by atoms with Gasteiger partial charge in [-0.15, -0.1) is 10.2 Å². The Labute approximate surface area is 191 Å². The van der Waals surface area contributed by atoms with Gasteiger partial charge in [0.05, 0.1) is 17.3 Å². The van der Waals surface area contributed by atoms with Crippen molar-refractivity contribution < 1.29 is 14.7 Å². The summed E-state index contributed by atoms with van der Waals surface area (Å²) in [6.07, 6.45) is 1.74. The molecule has 1 fully saturated rings. The maximum Gasteiger partial charge on any atom is 0.301 e. The quantitative estimate of drug-likeness (QED) is 0.278. The number of halogens is 1. The van der Waals surface area contributed by atoms with Crippen LogP contribution >= 0.6 is 22.9 Å². The lowest BCUT2D eigenvalue weighted by atomic mass is 9.96. The first kappa shape index (κ1) is 20.3. The number of aliphatic hydroxyl groups is 1. The van der Waals surface area contributed by atoms with Gasteiger partial charge in [0, 0.05) is 11.2 Å². The van der Waals surface area contributed by atoms with E-state index in [1.807, 2.05) is 6.07 Å². The highest BCUT2D eigenvalue weighted by atomic mass is 35.5. The Morgan fingerprint density at radius 3 is 2.66 bits per heavy atom. The van der Waals surface area contributed by atoms with Gasteiger partial charge in [-0.25, -0.2) is 4.98 Å². The molecule has 0 aliphatic carbocycles. The number of nitrogens with zero attached hydrogens (tertiary/aromatic N) is 5. The molecule has 8 nitrogen and oxygen atoms in total. The van der Waals surface area contributed by atoms with Crippen molar-refractivity contribution in [3.63, 3.8) is 0 Å². The molecule has 1 N–H and O–H groups in total. The van der Waals surface area contributed by atoms with Crippen LogP contribution in [-0.2, 0) is 9.59 Å². The molecule has 1 aliphatic heterocycles. The number of aliphatic hydroxyl groups excluding tert-OH is 1. The minimum absolute atomic E-state index is 0.0566. The number of aryl methyl sites for hydroxylation is 2. The van der Waals surface area contributed by atoms with E-state index in [-0.39, 0.29) is 16.5 Å². The number of anilines is 1. The Hall–Kier alpha value is -3.56. The number of aromatic nitrogens is 4. The number of imidazole rings is 1. The normalized spacial score (nSPS) is 18.1. The molecule has 0 saturated carbocycles. The number of rotatable bonds is 3. The van der Waals surface area contributed by atoms with E-state index in [4.69, 9.17) is 11.6 Å². The number of carbonyl (C=O) groups is 2. The van der Waals surface area contributed by atoms with Crippen molar-refractivity contribution in [1.82, 2.24) is 19.6 Å². The summed E-state index contributed by atoms with van der Waals surface area (Å²) in [6, 6.07) is 11.3. The Kier molecular flexibility index (Phi) is 4.79. The van der Waals surface area contributed by atoms with Crippen LogP contribution in [0.2, 0.25) is 5.02 Å². The van der Waals surface area contributed by atoms with E-state index < -0.39 is 17.7 Å². The minimum atomic E-state index is -0.922. The molecule has 10 heteroatoms. The van der Waals surface area contributed by atoms with Gasteiger partial charge < -0.3 is 5.11 Å². The molecule has 32 heavy (non-hydrogen) atoms. The van der Waals surface area contributed by atoms with Gasteiger partial charge >= 0.3 is 5.91 Å². The Bertz CT molecular complexity index is 1440. The topological polar surface area (TPSA) is 101 Å². The molecule has 0 radical (unpaired) electrons. The van der Waals surface area contributed by atoms with Crippen LogP contribution in [0, 0.1) is 13.8 Å². The highest BCUT2D eigenvalue weighted by Gasteiger charge is 2.48. The van der Waals surface area contributed by atoms with Crippen LogP contribution in [0.1, 0.15) is 28.0 Å². The third-order valence-corrected chi connectivity index (χ3v) is 6.33. The molecule has 1 aliphatic rings. The van der Waals surface area contributed by atoms with Crippen LogP contribution in [-0.4, -0.2) is 36.4 Å². The number of benzene rings is 1. The molecule has 4 aromatic rings. The SMILES string of the molecule is Cc1nnc(N2C(=O)C(=O)C(=C(O)c3c(C)nc4ccccn34)C2c2cccc(Cl)c2)s1. The van der Waals surface area contributed by atoms with E-state index in [1.165, 1.54) is 16.2 Å². The summed E-state index contributed by atoms with van der Waals surface area (Å²) >= 11 is 7.40. The van der Waals surface area contributed by atoms with E-state index in [1.54, 1.807) is 60.8 Å². The molecule has 1 saturated heterocycles. The van der Waals surface area contributed by atoms with Crippen LogP contribution in [0.3, 0.4) is 0 Å². The summed E-state index contributed by atoms with van der Waals surface area (Å²) in [5.41, 5.74) is 1.99. The lowest BCUT2D eigenvalue weighted by molar-refractivity contribution is -0.132. The first-order chi connectivity index (χ1) is 15.4. The number of hydrogen-bond acceptors (Lipinski definition) is 7. The van der Waals surface area contributed by atoms with Crippen molar-refractivity contribution in [2.45, 2.75) is 19.9 Å². The monoisotopic (exact) mass is 465 g/mol. The highest BCUT2D eigenvalue weighted by molar-refractivity contribution is 7.15. The molecular formula is C22H16ClN5O3S. The summed E-state index contributed by atoms with van der Waals surface area (Å²) in [4.78, 5) is 32.1. The van der Waals surface area contributed by atoms with Crippen LogP contribution in [0.25, 0.3) is 11.4 Å². The average Bonchev–Trinajstić information content (AvgIpc) is 3.41. The largest absolute Gasteiger partial charge is 0.505 e. The van der Waals surface area contributed by atoms with Gasteiger partial charge in [0.2, 0.25) is 5.13 Å². The van der Waals surface area contributed by atoms with Crippen LogP contribution in [0.15, 0.2) is 54.2 Å². The van der Waals surface area contributed by atoms with Crippen LogP contribution in [0.4, 0.5) is 5.13 Å². The third kappa shape index (κ3) is 3.09. The van der Waals surface area contributed by atoms with Gasteiger partial charge in [0.25, 0.3) is 5.78 Å². The van der Waals surface area contributed by atoms with Crippen molar-refractivity contribution in [2.75, 3.05) is 4.90 Å². The zero-order valence-electron chi connectivity index (χ0n) is 17.0. The zero-order valence-corrected chi connectivity index (χ0v) is 18.6. The number of fused-ring (bicyclic) bond motifs is 1. The first-order valence-electron chi connectivity index (χ1n) is 9.67. The van der Waals surface area contributed by atoms with Crippen molar-refractivity contribution in [2.24, 2.45) is 0 Å². The molecule has 1 atom stereocenters. The van der Waals surface area contributed by atoms with Gasteiger partial charge in [0.1, 0.15) is 16.3 Å². The number of pyridine rings is 1. The predicted octanol–water partition coefficient (Wildman–Crippen LogP) is 4.08. The van der Waals surface area contributed by atoms with Gasteiger partial charge in [-0.2, -0.15) is 0 Å². The van der Waals surface area contributed by atoms with E-state index in [0.29, 0.717) is 32.6 Å². The van der Waals surface area contributed by atoms with Crippen LogP contribution in [0.5, 0.6) is 0 Å². The van der Waals surface area contributed by atoms with Gasteiger partial charge in [-0.1, -0.05) is 41.1 Å². The second-order valence-electron chi connectivity index (χ2n) is 7.30. The predicted molar refractivity (Wildman–Crippen MR) is 121 cm³/mol. The lowest BCUT2D eigenvalue weighted by Gasteiger charge is -2.22. The maximum absolute atomic E-state index is 13.2. The average molecular weight is 466 g/mol. The summed E-state index contributed by atoms with van der Waals surface area (Å²) in [5.74, 6) is -1.92. The third-order valence-electron chi connectivity index (χ3n) is 5.26. The Morgan fingerprint density at radius 1 is 1.12 bits per heavy atom. The maximum atomic E-state index is 13.2. The van der Waals surface area contributed by atoms with Crippen LogP contribution < -0.4 is 4.90 Å². The highest BCUT2D eigenvalue weighted by Crippen LogP contribution is 2.43. The second kappa shape index (κ2) is 7.54. The molecular weight excluding hydrogens is 450 g/mol. The van der Waals surface area contributed by atoms with Gasteiger partial charge in [-0.3, -0.25) is 18.9 Å². The lowest BCUT2D eigenvalue weighted by Crippen LogP contribution is -2.29. The fraction of sp³-hybridized carbons (Fsp3) is 0.136. The van der Waals surface area contributed by atoms with E-state index in [0.717, 1.165) is 0 Å². The van der Waals surface area contributed by atoms with Crippen molar-refractivity contribution in [3.8, 4) is 0 Å². The number of hydrogen-bond donors (Lipinski definition) is 1. The molecule has 1 amide bonds. The molecule has 0 spiro atoms. The molecule has 4 heterocycles. The van der Waals surface area contributed by atoms with Gasteiger partial charge in [-0.05, 0) is 43.7 Å². The second-order valence-corrected chi connectivity index (χ2v) is 8.90. The van der Waals surface area contributed by atoms with Crippen molar-refractivity contribution >= 4 is 51.2 Å². The van der Waals surface area contributed by atoms with E-state index in [2.05, 4.69) is 15.2 Å². The minimum Gasteiger partial charge on any atom is -0.505 e. The Morgan fingerprint density at radius 2 is 1.94 bits per heavy atom. The van der Waals surface area contributed by atoms with Crippen molar-refractivity contribution in [1.29, 1.82) is 0 Å².